The van der Waals surface area contributed by atoms with E-state index in [4.69, 9.17) is 4.74 Å². The molecule has 2 rings (SSSR count). The lowest BCUT2D eigenvalue weighted by atomic mass is 10.4. The highest BCUT2D eigenvalue weighted by molar-refractivity contribution is 5.44. The van der Waals surface area contributed by atoms with Crippen molar-refractivity contribution < 1.29 is 4.74 Å². The van der Waals surface area contributed by atoms with Crippen LogP contribution in [0.4, 0.5) is 17.8 Å². The summed E-state index contributed by atoms with van der Waals surface area (Å²) >= 11 is 0. The number of nitrogens with zero attached hydrogens (tertiary/aromatic N) is 6. The molecule has 8 heteroatoms. The second-order valence-electron chi connectivity index (χ2n) is 5.33. The average molecular weight is 295 g/mol. The molecule has 0 unspecified atom stereocenters. The van der Waals surface area contributed by atoms with Crippen molar-refractivity contribution in [3.05, 3.63) is 0 Å². The summed E-state index contributed by atoms with van der Waals surface area (Å²) in [5, 5.41) is 3.01. The molecule has 1 fully saturated rings. The van der Waals surface area contributed by atoms with Gasteiger partial charge in [-0.1, -0.05) is 0 Å². The summed E-state index contributed by atoms with van der Waals surface area (Å²) in [4.78, 5) is 19.8. The summed E-state index contributed by atoms with van der Waals surface area (Å²) < 4.78 is 5.38. The molecule has 8 nitrogen and oxygen atoms in total. The zero-order chi connectivity index (χ0) is 15.2. The maximum atomic E-state index is 5.38. The second kappa shape index (κ2) is 7.37. The summed E-state index contributed by atoms with van der Waals surface area (Å²) in [5.41, 5.74) is 0. The SMILES string of the molecule is CNc1nc(N(C)CCN(C)C)nc(N2CCOCC2)n1. The Morgan fingerprint density at radius 1 is 1.10 bits per heavy atom. The van der Waals surface area contributed by atoms with Crippen LogP contribution in [0.15, 0.2) is 0 Å². The molecule has 1 aliphatic rings. The Kier molecular flexibility index (Phi) is 5.51. The van der Waals surface area contributed by atoms with Gasteiger partial charge in [0.1, 0.15) is 0 Å². The number of nitrogens with one attached hydrogen (secondary N) is 1. The van der Waals surface area contributed by atoms with Crippen LogP contribution in [0.25, 0.3) is 0 Å². The normalized spacial score (nSPS) is 15.4. The zero-order valence-electron chi connectivity index (χ0n) is 13.3. The fourth-order valence-electron chi connectivity index (χ4n) is 1.99. The van der Waals surface area contributed by atoms with Gasteiger partial charge in [-0.25, -0.2) is 0 Å². The van der Waals surface area contributed by atoms with E-state index in [1.54, 1.807) is 0 Å². The molecule has 1 aliphatic heterocycles. The molecule has 2 heterocycles. The zero-order valence-corrected chi connectivity index (χ0v) is 13.3. The van der Waals surface area contributed by atoms with E-state index in [-0.39, 0.29) is 0 Å². The van der Waals surface area contributed by atoms with Crippen molar-refractivity contribution in [3.8, 4) is 0 Å². The molecule has 0 atom stereocenters. The number of likely N-dealkylation sites (N-methyl/N-ethyl adjacent to an activating group) is 2. The fourth-order valence-corrected chi connectivity index (χ4v) is 1.99. The van der Waals surface area contributed by atoms with Gasteiger partial charge in [-0.3, -0.25) is 0 Å². The Balaban J connectivity index is 2.16. The van der Waals surface area contributed by atoms with Gasteiger partial charge in [0, 0.05) is 40.3 Å². The van der Waals surface area contributed by atoms with Crippen molar-refractivity contribution in [1.82, 2.24) is 19.9 Å². The van der Waals surface area contributed by atoms with Crippen LogP contribution < -0.4 is 15.1 Å². The number of anilines is 3. The molecule has 0 saturated carbocycles. The van der Waals surface area contributed by atoms with E-state index >= 15 is 0 Å². The molecular weight excluding hydrogens is 270 g/mol. The highest BCUT2D eigenvalue weighted by Crippen LogP contribution is 2.16. The van der Waals surface area contributed by atoms with Crippen molar-refractivity contribution in [3.63, 3.8) is 0 Å². The summed E-state index contributed by atoms with van der Waals surface area (Å²) in [7, 11) is 7.93. The first-order chi connectivity index (χ1) is 10.1. The Morgan fingerprint density at radius 2 is 1.81 bits per heavy atom. The van der Waals surface area contributed by atoms with Gasteiger partial charge in [-0.2, -0.15) is 15.0 Å². The molecule has 0 aliphatic carbocycles. The fraction of sp³-hybridized carbons (Fsp3) is 0.769. The van der Waals surface area contributed by atoms with Crippen LogP contribution in [0.3, 0.4) is 0 Å². The van der Waals surface area contributed by atoms with Crippen molar-refractivity contribution >= 4 is 17.8 Å². The monoisotopic (exact) mass is 295 g/mol. The third kappa shape index (κ3) is 4.40. The van der Waals surface area contributed by atoms with E-state index in [1.165, 1.54) is 0 Å². The molecule has 1 aromatic rings. The lowest BCUT2D eigenvalue weighted by Gasteiger charge is -2.28. The topological polar surface area (TPSA) is 69.7 Å². The van der Waals surface area contributed by atoms with Gasteiger partial charge in [-0.05, 0) is 14.1 Å². The van der Waals surface area contributed by atoms with Crippen LogP contribution in [0.2, 0.25) is 0 Å². The van der Waals surface area contributed by atoms with Crippen molar-refractivity contribution in [2.75, 3.05) is 82.7 Å². The smallest absolute Gasteiger partial charge is 0.232 e. The van der Waals surface area contributed by atoms with E-state index in [1.807, 2.05) is 19.0 Å². The number of rotatable bonds is 6. The van der Waals surface area contributed by atoms with Crippen molar-refractivity contribution in [1.29, 1.82) is 0 Å². The molecule has 0 radical (unpaired) electrons. The lowest BCUT2D eigenvalue weighted by molar-refractivity contribution is 0.122. The van der Waals surface area contributed by atoms with Gasteiger partial charge in [-0.15, -0.1) is 0 Å². The van der Waals surface area contributed by atoms with Gasteiger partial charge in [0.05, 0.1) is 13.2 Å². The van der Waals surface area contributed by atoms with Gasteiger partial charge < -0.3 is 24.8 Å². The largest absolute Gasteiger partial charge is 0.378 e. The number of hydrogen-bond acceptors (Lipinski definition) is 8. The van der Waals surface area contributed by atoms with E-state index < -0.39 is 0 Å². The molecule has 1 saturated heterocycles. The van der Waals surface area contributed by atoms with Crippen LogP contribution >= 0.6 is 0 Å². The van der Waals surface area contributed by atoms with Gasteiger partial charge in [0.25, 0.3) is 0 Å². The first kappa shape index (κ1) is 15.7. The molecule has 0 spiro atoms. The standard InChI is InChI=1S/C13H25N7O/c1-14-11-15-12(19(4)6-5-18(2)3)17-13(16-11)20-7-9-21-10-8-20/h5-10H2,1-4H3,(H,14,15,16,17). The van der Waals surface area contributed by atoms with Crippen LogP contribution in [0, 0.1) is 0 Å². The summed E-state index contributed by atoms with van der Waals surface area (Å²) in [6.45, 7) is 4.87. The first-order valence-corrected chi connectivity index (χ1v) is 7.22. The molecule has 118 valence electrons. The minimum absolute atomic E-state index is 0.596. The van der Waals surface area contributed by atoms with Gasteiger partial charge >= 0.3 is 0 Å². The number of ether oxygens (including phenoxy) is 1. The van der Waals surface area contributed by atoms with Crippen LogP contribution in [-0.4, -0.2) is 87.4 Å². The van der Waals surface area contributed by atoms with E-state index in [2.05, 4.69) is 44.2 Å². The minimum atomic E-state index is 0.596. The quantitative estimate of drug-likeness (QED) is 0.770. The third-order valence-electron chi connectivity index (χ3n) is 3.35. The van der Waals surface area contributed by atoms with Crippen LogP contribution in [-0.2, 0) is 4.74 Å². The van der Waals surface area contributed by atoms with E-state index in [0.717, 1.165) is 26.2 Å². The predicted octanol–water partition coefficient (Wildman–Crippen LogP) is -0.252. The van der Waals surface area contributed by atoms with Crippen LogP contribution in [0.1, 0.15) is 0 Å². The van der Waals surface area contributed by atoms with E-state index in [9.17, 15) is 0 Å². The molecule has 1 N–H and O–H groups in total. The molecule has 0 aromatic carbocycles. The molecule has 21 heavy (non-hydrogen) atoms. The second-order valence-corrected chi connectivity index (χ2v) is 5.33. The highest BCUT2D eigenvalue weighted by atomic mass is 16.5. The number of aromatic nitrogens is 3. The Bertz CT molecular complexity index is 448. The lowest BCUT2D eigenvalue weighted by Crippen LogP contribution is -2.38. The third-order valence-corrected chi connectivity index (χ3v) is 3.35. The van der Waals surface area contributed by atoms with E-state index in [0.29, 0.717) is 31.1 Å². The molecule has 1 aromatic heterocycles. The Hall–Kier alpha value is -1.67. The minimum Gasteiger partial charge on any atom is -0.378 e. The van der Waals surface area contributed by atoms with Crippen molar-refractivity contribution in [2.24, 2.45) is 0 Å². The first-order valence-electron chi connectivity index (χ1n) is 7.22. The summed E-state index contributed by atoms with van der Waals surface area (Å²) in [6, 6.07) is 0. The number of hydrogen-bond donors (Lipinski definition) is 1. The summed E-state index contributed by atoms with van der Waals surface area (Å²) in [5.74, 6) is 2.00. The summed E-state index contributed by atoms with van der Waals surface area (Å²) in [6.07, 6.45) is 0. The van der Waals surface area contributed by atoms with Crippen LogP contribution in [0.5, 0.6) is 0 Å². The van der Waals surface area contributed by atoms with Crippen molar-refractivity contribution in [2.45, 2.75) is 0 Å². The average Bonchev–Trinajstić information content (AvgIpc) is 2.52. The Morgan fingerprint density at radius 3 is 2.43 bits per heavy atom. The Labute approximate surface area is 126 Å². The maximum Gasteiger partial charge on any atom is 0.232 e. The van der Waals surface area contributed by atoms with Gasteiger partial charge in [0.15, 0.2) is 0 Å². The van der Waals surface area contributed by atoms with Gasteiger partial charge in [0.2, 0.25) is 17.8 Å². The highest BCUT2D eigenvalue weighted by Gasteiger charge is 2.17. The molecule has 0 amide bonds. The maximum absolute atomic E-state index is 5.38. The number of morpholine rings is 1. The molecule has 0 bridgehead atoms. The molecular formula is C13H25N7O. The predicted molar refractivity (Wildman–Crippen MR) is 84.2 cm³/mol.